The molecule has 0 radical (unpaired) electrons. The highest BCUT2D eigenvalue weighted by Crippen LogP contribution is 2.27. The van der Waals surface area contributed by atoms with E-state index in [1.54, 1.807) is 12.1 Å². The summed E-state index contributed by atoms with van der Waals surface area (Å²) >= 11 is 5.71. The molecule has 0 saturated carbocycles. The number of halogens is 2. The van der Waals surface area contributed by atoms with Crippen molar-refractivity contribution in [3.05, 3.63) is 34.6 Å². The number of hydrogen-bond donors (Lipinski definition) is 1. The lowest BCUT2D eigenvalue weighted by atomic mass is 9.92. The van der Waals surface area contributed by atoms with Crippen LogP contribution in [0.25, 0.3) is 0 Å². The van der Waals surface area contributed by atoms with Crippen LogP contribution in [0.4, 0.5) is 4.39 Å². The van der Waals surface area contributed by atoms with E-state index in [0.29, 0.717) is 5.92 Å². The average molecular weight is 258 g/mol. The van der Waals surface area contributed by atoms with Gasteiger partial charge in [-0.2, -0.15) is 0 Å². The first-order valence-corrected chi connectivity index (χ1v) is 6.66. The third-order valence-electron chi connectivity index (χ3n) is 3.13. The monoisotopic (exact) mass is 257 g/mol. The van der Waals surface area contributed by atoms with Crippen molar-refractivity contribution >= 4 is 11.6 Å². The molecule has 1 rings (SSSR count). The Bertz CT molecular complexity index is 354. The molecule has 0 aromatic heterocycles. The Hall–Kier alpha value is -0.600. The van der Waals surface area contributed by atoms with Gasteiger partial charge in [0.05, 0.1) is 5.02 Å². The lowest BCUT2D eigenvalue weighted by Gasteiger charge is -2.25. The number of benzene rings is 1. The summed E-state index contributed by atoms with van der Waals surface area (Å²) in [5.41, 5.74) is 0.981. The first-order chi connectivity index (χ1) is 8.10. The Kier molecular flexibility index (Phi) is 5.93. The van der Waals surface area contributed by atoms with Crippen LogP contribution < -0.4 is 5.32 Å². The van der Waals surface area contributed by atoms with Crippen LogP contribution in [0.1, 0.15) is 45.2 Å². The molecule has 0 spiro atoms. The van der Waals surface area contributed by atoms with Gasteiger partial charge in [-0.05, 0) is 36.6 Å². The van der Waals surface area contributed by atoms with Crippen LogP contribution in [0, 0.1) is 11.7 Å². The van der Waals surface area contributed by atoms with Gasteiger partial charge in [0, 0.05) is 6.04 Å². The molecule has 1 aromatic carbocycles. The zero-order valence-electron chi connectivity index (χ0n) is 10.8. The maximum Gasteiger partial charge on any atom is 0.142 e. The van der Waals surface area contributed by atoms with Crippen molar-refractivity contribution < 1.29 is 4.39 Å². The van der Waals surface area contributed by atoms with E-state index >= 15 is 0 Å². The number of nitrogens with one attached hydrogen (secondary N) is 1. The van der Waals surface area contributed by atoms with E-state index in [4.69, 9.17) is 11.6 Å². The first-order valence-electron chi connectivity index (χ1n) is 6.28. The fourth-order valence-corrected chi connectivity index (χ4v) is 2.01. The van der Waals surface area contributed by atoms with Gasteiger partial charge in [-0.1, -0.05) is 44.9 Å². The summed E-state index contributed by atoms with van der Waals surface area (Å²) in [5.74, 6) is 0.137. The van der Waals surface area contributed by atoms with E-state index in [9.17, 15) is 4.39 Å². The number of rotatable bonds is 6. The summed E-state index contributed by atoms with van der Waals surface area (Å²) in [4.78, 5) is 0. The standard InChI is InChI=1S/C14H21ClFN/c1-4-8-17-14(10(3)5-2)11-6-7-12(15)13(16)9-11/h6-7,9-10,14,17H,4-5,8H2,1-3H3. The molecule has 2 atom stereocenters. The molecule has 1 nitrogen and oxygen atoms in total. The minimum absolute atomic E-state index is 0.187. The summed E-state index contributed by atoms with van der Waals surface area (Å²) in [5, 5.41) is 3.66. The van der Waals surface area contributed by atoms with Crippen molar-refractivity contribution in [1.82, 2.24) is 5.32 Å². The molecular weight excluding hydrogens is 237 g/mol. The molecule has 96 valence electrons. The van der Waals surface area contributed by atoms with E-state index in [2.05, 4.69) is 26.1 Å². The molecule has 0 aliphatic heterocycles. The molecule has 3 heteroatoms. The van der Waals surface area contributed by atoms with Gasteiger partial charge < -0.3 is 5.32 Å². The van der Waals surface area contributed by atoms with Crippen LogP contribution in [0.2, 0.25) is 5.02 Å². The van der Waals surface area contributed by atoms with Crippen LogP contribution in [0.3, 0.4) is 0 Å². The maximum absolute atomic E-state index is 13.5. The lowest BCUT2D eigenvalue weighted by molar-refractivity contribution is 0.376. The quantitative estimate of drug-likeness (QED) is 0.787. The molecule has 0 heterocycles. The Labute approximate surface area is 108 Å². The van der Waals surface area contributed by atoms with E-state index in [-0.39, 0.29) is 16.9 Å². The molecule has 0 aliphatic rings. The number of hydrogen-bond acceptors (Lipinski definition) is 1. The summed E-state index contributed by atoms with van der Waals surface area (Å²) in [6, 6.07) is 5.29. The van der Waals surface area contributed by atoms with Crippen molar-refractivity contribution in [2.24, 2.45) is 5.92 Å². The van der Waals surface area contributed by atoms with Gasteiger partial charge in [0.2, 0.25) is 0 Å². The van der Waals surface area contributed by atoms with Crippen molar-refractivity contribution in [2.75, 3.05) is 6.54 Å². The van der Waals surface area contributed by atoms with E-state index in [1.165, 1.54) is 0 Å². The fourth-order valence-electron chi connectivity index (χ4n) is 1.89. The van der Waals surface area contributed by atoms with Gasteiger partial charge in [0.1, 0.15) is 5.82 Å². The average Bonchev–Trinajstić information content (AvgIpc) is 2.33. The molecule has 0 bridgehead atoms. The summed E-state index contributed by atoms with van der Waals surface area (Å²) in [6.45, 7) is 7.40. The van der Waals surface area contributed by atoms with Crippen molar-refractivity contribution in [1.29, 1.82) is 0 Å². The highest BCUT2D eigenvalue weighted by molar-refractivity contribution is 6.30. The molecule has 2 unspecified atom stereocenters. The molecule has 0 fully saturated rings. The van der Waals surface area contributed by atoms with Gasteiger partial charge in [0.15, 0.2) is 0 Å². The highest BCUT2D eigenvalue weighted by atomic mass is 35.5. The Balaban J connectivity index is 2.91. The molecule has 17 heavy (non-hydrogen) atoms. The summed E-state index contributed by atoms with van der Waals surface area (Å²) in [6.07, 6.45) is 2.13. The van der Waals surface area contributed by atoms with Crippen LogP contribution in [0.15, 0.2) is 18.2 Å². The van der Waals surface area contributed by atoms with E-state index < -0.39 is 0 Å². The van der Waals surface area contributed by atoms with Crippen LogP contribution in [-0.2, 0) is 0 Å². The smallest absolute Gasteiger partial charge is 0.142 e. The fraction of sp³-hybridized carbons (Fsp3) is 0.571. The predicted octanol–water partition coefficient (Wildman–Crippen LogP) is 4.57. The summed E-state index contributed by atoms with van der Waals surface area (Å²) in [7, 11) is 0. The van der Waals surface area contributed by atoms with Gasteiger partial charge in [-0.15, -0.1) is 0 Å². The van der Waals surface area contributed by atoms with Gasteiger partial charge in [0.25, 0.3) is 0 Å². The minimum Gasteiger partial charge on any atom is -0.310 e. The predicted molar refractivity (Wildman–Crippen MR) is 71.9 cm³/mol. The minimum atomic E-state index is -0.337. The van der Waals surface area contributed by atoms with Gasteiger partial charge >= 0.3 is 0 Å². The molecular formula is C14H21ClFN. The zero-order chi connectivity index (χ0) is 12.8. The summed E-state index contributed by atoms with van der Waals surface area (Å²) < 4.78 is 13.5. The van der Waals surface area contributed by atoms with Gasteiger partial charge in [-0.25, -0.2) is 4.39 Å². The van der Waals surface area contributed by atoms with Crippen molar-refractivity contribution in [2.45, 2.75) is 39.7 Å². The van der Waals surface area contributed by atoms with E-state index in [1.807, 2.05) is 6.07 Å². The highest BCUT2D eigenvalue weighted by Gasteiger charge is 2.18. The van der Waals surface area contributed by atoms with Crippen LogP contribution in [0.5, 0.6) is 0 Å². The Morgan fingerprint density at radius 3 is 2.59 bits per heavy atom. The SMILES string of the molecule is CCCNC(c1ccc(Cl)c(F)c1)C(C)CC. The van der Waals surface area contributed by atoms with E-state index in [0.717, 1.165) is 24.9 Å². The second kappa shape index (κ2) is 6.97. The molecule has 1 aromatic rings. The molecule has 1 N–H and O–H groups in total. The molecule has 0 aliphatic carbocycles. The molecule has 0 saturated heterocycles. The lowest BCUT2D eigenvalue weighted by Crippen LogP contribution is -2.27. The Morgan fingerprint density at radius 1 is 1.35 bits per heavy atom. The second-order valence-corrected chi connectivity index (χ2v) is 4.90. The topological polar surface area (TPSA) is 12.0 Å². The van der Waals surface area contributed by atoms with Crippen molar-refractivity contribution in [3.63, 3.8) is 0 Å². The zero-order valence-corrected chi connectivity index (χ0v) is 11.5. The third kappa shape index (κ3) is 3.97. The maximum atomic E-state index is 13.5. The normalized spacial score (nSPS) is 14.6. The van der Waals surface area contributed by atoms with Crippen LogP contribution in [-0.4, -0.2) is 6.54 Å². The Morgan fingerprint density at radius 2 is 2.06 bits per heavy atom. The molecule has 0 amide bonds. The first kappa shape index (κ1) is 14.5. The van der Waals surface area contributed by atoms with Crippen LogP contribution >= 0.6 is 11.6 Å². The van der Waals surface area contributed by atoms with Gasteiger partial charge in [-0.3, -0.25) is 0 Å². The second-order valence-electron chi connectivity index (χ2n) is 4.49. The third-order valence-corrected chi connectivity index (χ3v) is 3.44. The largest absolute Gasteiger partial charge is 0.310 e. The van der Waals surface area contributed by atoms with Crippen molar-refractivity contribution in [3.8, 4) is 0 Å².